The molecule has 2 rings (SSSR count). The molecule has 0 atom stereocenters. The van der Waals surface area contributed by atoms with Crippen LogP contribution in [0.3, 0.4) is 0 Å². The smallest absolute Gasteiger partial charge is 0.191 e. The molecule has 0 radical (unpaired) electrons. The third-order valence-corrected chi connectivity index (χ3v) is 4.31. The number of halogens is 1. The lowest BCUT2D eigenvalue weighted by Gasteiger charge is -2.14. The van der Waals surface area contributed by atoms with Crippen LogP contribution in [0.5, 0.6) is 17.2 Å². The van der Waals surface area contributed by atoms with Crippen LogP contribution in [0, 0.1) is 0 Å². The minimum atomic E-state index is 0.580. The molecular weight excluding hydrogens is 366 g/mol. The lowest BCUT2D eigenvalue weighted by atomic mass is 10.1. The van der Waals surface area contributed by atoms with Crippen LogP contribution in [0.2, 0.25) is 5.02 Å². The Labute approximate surface area is 165 Å². The van der Waals surface area contributed by atoms with Crippen LogP contribution >= 0.6 is 11.6 Å². The normalized spacial score (nSPS) is 11.1. The number of hydrogen-bond acceptors (Lipinski definition) is 4. The number of nitrogens with one attached hydrogen (secondary N) is 2. The summed E-state index contributed by atoms with van der Waals surface area (Å²) in [5, 5.41) is 7.23. The largest absolute Gasteiger partial charge is 0.496 e. The molecule has 7 heteroatoms. The van der Waals surface area contributed by atoms with Crippen molar-refractivity contribution in [3.05, 3.63) is 52.5 Å². The molecule has 146 valence electrons. The van der Waals surface area contributed by atoms with E-state index in [-0.39, 0.29) is 0 Å². The van der Waals surface area contributed by atoms with E-state index in [0.717, 1.165) is 41.3 Å². The lowest BCUT2D eigenvalue weighted by molar-refractivity contribution is 0.354. The first-order valence-electron chi connectivity index (χ1n) is 8.59. The zero-order valence-corrected chi connectivity index (χ0v) is 16.9. The van der Waals surface area contributed by atoms with Gasteiger partial charge in [-0.2, -0.15) is 0 Å². The van der Waals surface area contributed by atoms with E-state index in [9.17, 15) is 0 Å². The molecule has 0 heterocycles. The number of methoxy groups -OCH3 is 3. The van der Waals surface area contributed by atoms with Crippen LogP contribution in [-0.2, 0) is 13.0 Å². The second kappa shape index (κ2) is 10.5. The summed E-state index contributed by atoms with van der Waals surface area (Å²) in [6, 6.07) is 11.5. The standard InChI is InChI=1S/C20H26ClN3O3/c1-22-20(24-13-15-6-7-16(21)12-18(15)26-3)23-10-9-14-5-8-17(25-2)19(11-14)27-4/h5-8,11-12H,9-10,13H2,1-4H3,(H2,22,23,24). The Bertz CT molecular complexity index is 781. The molecule has 27 heavy (non-hydrogen) atoms. The van der Waals surface area contributed by atoms with Gasteiger partial charge < -0.3 is 24.8 Å². The Morgan fingerprint density at radius 1 is 0.926 bits per heavy atom. The number of ether oxygens (including phenoxy) is 3. The predicted octanol–water partition coefficient (Wildman–Crippen LogP) is 3.27. The van der Waals surface area contributed by atoms with Gasteiger partial charge in [0, 0.05) is 30.7 Å². The Kier molecular flexibility index (Phi) is 8.07. The summed E-state index contributed by atoms with van der Waals surface area (Å²) in [4.78, 5) is 4.25. The maximum Gasteiger partial charge on any atom is 0.191 e. The summed E-state index contributed by atoms with van der Waals surface area (Å²) in [7, 11) is 6.64. The van der Waals surface area contributed by atoms with E-state index in [1.165, 1.54) is 0 Å². The molecule has 0 aliphatic rings. The van der Waals surface area contributed by atoms with Crippen molar-refractivity contribution in [3.8, 4) is 17.2 Å². The van der Waals surface area contributed by atoms with Gasteiger partial charge in [0.2, 0.25) is 0 Å². The minimum Gasteiger partial charge on any atom is -0.496 e. The molecule has 2 aromatic carbocycles. The van der Waals surface area contributed by atoms with Gasteiger partial charge in [0.1, 0.15) is 5.75 Å². The van der Waals surface area contributed by atoms with E-state index in [1.807, 2.05) is 30.3 Å². The summed E-state index contributed by atoms with van der Waals surface area (Å²) in [5.74, 6) is 2.92. The van der Waals surface area contributed by atoms with E-state index in [2.05, 4.69) is 15.6 Å². The van der Waals surface area contributed by atoms with Crippen LogP contribution in [0.4, 0.5) is 0 Å². The van der Waals surface area contributed by atoms with Crippen molar-refractivity contribution < 1.29 is 14.2 Å². The zero-order valence-electron chi connectivity index (χ0n) is 16.1. The van der Waals surface area contributed by atoms with Crippen molar-refractivity contribution >= 4 is 17.6 Å². The van der Waals surface area contributed by atoms with Crippen LogP contribution in [0.25, 0.3) is 0 Å². The quantitative estimate of drug-likeness (QED) is 0.534. The van der Waals surface area contributed by atoms with Crippen molar-refractivity contribution in [3.63, 3.8) is 0 Å². The van der Waals surface area contributed by atoms with E-state index >= 15 is 0 Å². The maximum atomic E-state index is 6.00. The summed E-state index contributed by atoms with van der Waals surface area (Å²) >= 11 is 6.00. The van der Waals surface area contributed by atoms with Gasteiger partial charge in [0.15, 0.2) is 17.5 Å². The third kappa shape index (κ3) is 5.96. The maximum absolute atomic E-state index is 6.00. The summed E-state index contributed by atoms with van der Waals surface area (Å²) in [5.41, 5.74) is 2.15. The van der Waals surface area contributed by atoms with E-state index in [4.69, 9.17) is 25.8 Å². The molecule has 0 fully saturated rings. The highest BCUT2D eigenvalue weighted by Gasteiger charge is 2.07. The molecule has 0 aliphatic heterocycles. The average Bonchev–Trinajstić information content (AvgIpc) is 2.70. The van der Waals surface area contributed by atoms with Gasteiger partial charge in [0.05, 0.1) is 21.3 Å². The molecule has 0 unspecified atom stereocenters. The molecule has 0 aliphatic carbocycles. The Morgan fingerprint density at radius 2 is 1.67 bits per heavy atom. The second-order valence-electron chi connectivity index (χ2n) is 5.75. The number of nitrogens with zero attached hydrogens (tertiary/aromatic N) is 1. The number of hydrogen-bond donors (Lipinski definition) is 2. The summed E-state index contributed by atoms with van der Waals surface area (Å²) in [6.07, 6.45) is 0.825. The molecular formula is C20H26ClN3O3. The van der Waals surface area contributed by atoms with Gasteiger partial charge in [-0.05, 0) is 36.2 Å². The minimum absolute atomic E-state index is 0.580. The predicted molar refractivity (Wildman–Crippen MR) is 109 cm³/mol. The van der Waals surface area contributed by atoms with Crippen LogP contribution in [-0.4, -0.2) is 40.9 Å². The van der Waals surface area contributed by atoms with Crippen LogP contribution in [0.1, 0.15) is 11.1 Å². The van der Waals surface area contributed by atoms with Crippen molar-refractivity contribution in [2.24, 2.45) is 4.99 Å². The first-order chi connectivity index (χ1) is 13.1. The molecule has 2 N–H and O–H groups in total. The number of rotatable bonds is 8. The first kappa shape index (κ1) is 20.7. The molecule has 0 spiro atoms. The first-order valence-corrected chi connectivity index (χ1v) is 8.97. The summed E-state index contributed by atoms with van der Waals surface area (Å²) in [6.45, 7) is 1.31. The fourth-order valence-corrected chi connectivity index (χ4v) is 2.79. The topological polar surface area (TPSA) is 64.1 Å². The SMILES string of the molecule is CN=C(NCCc1ccc(OC)c(OC)c1)NCc1ccc(Cl)cc1OC. The van der Waals surface area contributed by atoms with E-state index in [0.29, 0.717) is 17.5 Å². The van der Waals surface area contributed by atoms with Crippen LogP contribution < -0.4 is 24.8 Å². The van der Waals surface area contributed by atoms with Crippen LogP contribution in [0.15, 0.2) is 41.4 Å². The van der Waals surface area contributed by atoms with Crippen molar-refractivity contribution in [1.82, 2.24) is 10.6 Å². The van der Waals surface area contributed by atoms with E-state index in [1.54, 1.807) is 34.4 Å². The van der Waals surface area contributed by atoms with Gasteiger partial charge in [-0.25, -0.2) is 0 Å². The highest BCUT2D eigenvalue weighted by molar-refractivity contribution is 6.30. The molecule has 0 amide bonds. The lowest BCUT2D eigenvalue weighted by Crippen LogP contribution is -2.37. The van der Waals surface area contributed by atoms with E-state index < -0.39 is 0 Å². The molecule has 2 aromatic rings. The second-order valence-corrected chi connectivity index (χ2v) is 6.18. The zero-order chi connectivity index (χ0) is 19.6. The summed E-state index contributed by atoms with van der Waals surface area (Å²) < 4.78 is 16.0. The van der Waals surface area contributed by atoms with Gasteiger partial charge in [-0.1, -0.05) is 23.7 Å². The average molecular weight is 392 g/mol. The highest BCUT2D eigenvalue weighted by atomic mass is 35.5. The van der Waals surface area contributed by atoms with Gasteiger partial charge in [-0.15, -0.1) is 0 Å². The fourth-order valence-electron chi connectivity index (χ4n) is 2.63. The van der Waals surface area contributed by atoms with Gasteiger partial charge in [-0.3, -0.25) is 4.99 Å². The molecule has 0 saturated carbocycles. The monoisotopic (exact) mass is 391 g/mol. The van der Waals surface area contributed by atoms with Crippen molar-refractivity contribution in [2.75, 3.05) is 34.9 Å². The third-order valence-electron chi connectivity index (χ3n) is 4.07. The number of guanidine groups is 1. The molecule has 0 bridgehead atoms. The highest BCUT2D eigenvalue weighted by Crippen LogP contribution is 2.27. The fraction of sp³-hybridized carbons (Fsp3) is 0.350. The number of aliphatic imine (C=N–C) groups is 1. The number of benzene rings is 2. The van der Waals surface area contributed by atoms with Gasteiger partial charge in [0.25, 0.3) is 0 Å². The van der Waals surface area contributed by atoms with Gasteiger partial charge >= 0.3 is 0 Å². The molecule has 0 saturated heterocycles. The van der Waals surface area contributed by atoms with Crippen molar-refractivity contribution in [1.29, 1.82) is 0 Å². The Balaban J connectivity index is 1.87. The van der Waals surface area contributed by atoms with Crippen molar-refractivity contribution in [2.45, 2.75) is 13.0 Å². The molecule has 0 aromatic heterocycles. The Hall–Kier alpha value is -2.60. The Morgan fingerprint density at radius 3 is 2.33 bits per heavy atom. The molecule has 6 nitrogen and oxygen atoms in total.